The molecule has 0 aliphatic carbocycles. The molecule has 70 heavy (non-hydrogen) atoms. The Kier molecular flexibility index (Phi) is 8.33. The molecule has 0 unspecified atom stereocenters. The van der Waals surface area contributed by atoms with E-state index in [1.54, 1.807) is 0 Å². The molecule has 0 fully saturated rings. The summed E-state index contributed by atoms with van der Waals surface area (Å²) in [6.07, 6.45) is 0. The average molecular weight is 893 g/mol. The molecule has 0 aliphatic rings. The molecule has 0 saturated heterocycles. The summed E-state index contributed by atoms with van der Waals surface area (Å²) >= 11 is 0. The molecule has 0 radical (unpaired) electrons. The number of aromatic nitrogens is 2. The average Bonchev–Trinajstić information content (AvgIpc) is 4.18. The lowest BCUT2D eigenvalue weighted by atomic mass is 9.96. The van der Waals surface area contributed by atoms with Gasteiger partial charge in [0.05, 0.1) is 22.1 Å². The van der Waals surface area contributed by atoms with E-state index in [1.165, 1.54) is 43.6 Å². The van der Waals surface area contributed by atoms with Gasteiger partial charge in [-0.05, 0) is 148 Å². The van der Waals surface area contributed by atoms with E-state index in [-0.39, 0.29) is 0 Å². The lowest BCUT2D eigenvalue weighted by Crippen LogP contribution is -1.94. The van der Waals surface area contributed by atoms with E-state index in [1.807, 2.05) is 0 Å². The molecular formula is C66H40N2O2. The molecule has 0 N–H and O–H groups in total. The fourth-order valence-corrected chi connectivity index (χ4v) is 11.2. The molecule has 0 amide bonds. The molecule has 0 bridgehead atoms. The minimum atomic E-state index is 0.876. The predicted octanol–water partition coefficient (Wildman–Crippen LogP) is 18.3. The molecule has 0 saturated carbocycles. The first-order valence-corrected chi connectivity index (χ1v) is 23.9. The molecule has 4 heteroatoms. The molecule has 0 spiro atoms. The number of para-hydroxylation sites is 4. The quantitative estimate of drug-likeness (QED) is 0.167. The second-order valence-corrected chi connectivity index (χ2v) is 18.5. The van der Waals surface area contributed by atoms with Crippen LogP contribution in [0.25, 0.3) is 143 Å². The standard InChI is InChI=1S/C66H40N2O2/c1-5-22-59-51(18-1)52-19-2-6-23-60(52)67(59)49-16-10-14-43(35-49)47-28-32-65-57(39-47)55-37-45(26-30-63(55)69-65)41-12-9-13-42(34-41)46-27-31-64-56(38-46)58-40-48(29-33-66(58)70-64)44-15-11-17-50(36-44)68-61-24-7-3-20-53(61)54-21-4-8-25-62(54)68/h1-40H. The van der Waals surface area contributed by atoms with Crippen LogP contribution in [-0.2, 0) is 0 Å². The number of rotatable bonds is 6. The van der Waals surface area contributed by atoms with Crippen LogP contribution in [0.1, 0.15) is 0 Å². The number of fused-ring (bicyclic) bond motifs is 12. The van der Waals surface area contributed by atoms with E-state index in [4.69, 9.17) is 8.83 Å². The van der Waals surface area contributed by atoms with Crippen LogP contribution in [0.3, 0.4) is 0 Å². The Morgan fingerprint density at radius 1 is 0.200 bits per heavy atom. The van der Waals surface area contributed by atoms with Gasteiger partial charge in [-0.1, -0.05) is 140 Å². The highest BCUT2D eigenvalue weighted by Gasteiger charge is 2.17. The maximum absolute atomic E-state index is 6.45. The molecule has 0 aliphatic heterocycles. The van der Waals surface area contributed by atoms with Crippen molar-refractivity contribution >= 4 is 87.5 Å². The minimum absolute atomic E-state index is 0.876. The smallest absolute Gasteiger partial charge is 0.135 e. The van der Waals surface area contributed by atoms with Gasteiger partial charge in [-0.3, -0.25) is 0 Å². The zero-order chi connectivity index (χ0) is 45.9. The maximum Gasteiger partial charge on any atom is 0.135 e. The summed E-state index contributed by atoms with van der Waals surface area (Å²) in [7, 11) is 0. The van der Waals surface area contributed by atoms with Crippen molar-refractivity contribution in [1.29, 1.82) is 0 Å². The first-order chi connectivity index (χ1) is 34.7. The summed E-state index contributed by atoms with van der Waals surface area (Å²) in [5.74, 6) is 0. The van der Waals surface area contributed by atoms with Gasteiger partial charge in [-0.2, -0.15) is 0 Å². The molecule has 4 aromatic heterocycles. The first-order valence-electron chi connectivity index (χ1n) is 23.9. The van der Waals surface area contributed by atoms with Crippen LogP contribution in [-0.4, -0.2) is 9.13 Å². The summed E-state index contributed by atoms with van der Waals surface area (Å²) < 4.78 is 17.7. The Hall–Kier alpha value is -9.38. The zero-order valence-corrected chi connectivity index (χ0v) is 37.8. The summed E-state index contributed by atoms with van der Waals surface area (Å²) in [6, 6.07) is 87.5. The van der Waals surface area contributed by atoms with E-state index in [9.17, 15) is 0 Å². The Morgan fingerprint density at radius 3 is 0.800 bits per heavy atom. The normalized spacial score (nSPS) is 12.0. The monoisotopic (exact) mass is 892 g/mol. The van der Waals surface area contributed by atoms with Gasteiger partial charge in [0.25, 0.3) is 0 Å². The van der Waals surface area contributed by atoms with Gasteiger partial charge in [-0.25, -0.2) is 0 Å². The van der Waals surface area contributed by atoms with Crippen LogP contribution in [0.2, 0.25) is 0 Å². The van der Waals surface area contributed by atoms with Crippen molar-refractivity contribution in [2.45, 2.75) is 0 Å². The molecular weight excluding hydrogens is 853 g/mol. The molecule has 15 aromatic rings. The third-order valence-electron chi connectivity index (χ3n) is 14.5. The molecule has 4 heterocycles. The largest absolute Gasteiger partial charge is 0.456 e. The van der Waals surface area contributed by atoms with E-state index in [0.717, 1.165) is 99.8 Å². The third kappa shape index (κ3) is 5.97. The van der Waals surface area contributed by atoms with E-state index >= 15 is 0 Å². The van der Waals surface area contributed by atoms with Crippen molar-refractivity contribution in [3.63, 3.8) is 0 Å². The second kappa shape index (κ2) is 15.1. The third-order valence-corrected chi connectivity index (χ3v) is 14.5. The Balaban J connectivity index is 0.771. The van der Waals surface area contributed by atoms with Crippen molar-refractivity contribution in [1.82, 2.24) is 9.13 Å². The molecule has 0 atom stereocenters. The van der Waals surface area contributed by atoms with Crippen molar-refractivity contribution < 1.29 is 8.83 Å². The predicted molar refractivity (Wildman–Crippen MR) is 291 cm³/mol. The van der Waals surface area contributed by atoms with Gasteiger partial charge >= 0.3 is 0 Å². The van der Waals surface area contributed by atoms with Gasteiger partial charge in [0.1, 0.15) is 22.3 Å². The van der Waals surface area contributed by atoms with Gasteiger partial charge in [0.15, 0.2) is 0 Å². The molecule has 15 rings (SSSR count). The van der Waals surface area contributed by atoms with E-state index in [2.05, 4.69) is 252 Å². The highest BCUT2D eigenvalue weighted by atomic mass is 16.3. The van der Waals surface area contributed by atoms with Crippen LogP contribution in [0.4, 0.5) is 0 Å². The lowest BCUT2D eigenvalue weighted by Gasteiger charge is -2.10. The zero-order valence-electron chi connectivity index (χ0n) is 37.8. The van der Waals surface area contributed by atoms with Crippen molar-refractivity contribution in [2.75, 3.05) is 0 Å². The Bertz CT molecular complexity index is 4220. The summed E-state index contributed by atoms with van der Waals surface area (Å²) in [5.41, 5.74) is 19.8. The van der Waals surface area contributed by atoms with Crippen molar-refractivity contribution in [3.8, 4) is 55.9 Å². The first kappa shape index (κ1) is 38.7. The van der Waals surface area contributed by atoms with Crippen LogP contribution in [0.15, 0.2) is 251 Å². The summed E-state index contributed by atoms with van der Waals surface area (Å²) in [6.45, 7) is 0. The molecule has 11 aromatic carbocycles. The second-order valence-electron chi connectivity index (χ2n) is 18.5. The fraction of sp³-hybridized carbons (Fsp3) is 0. The van der Waals surface area contributed by atoms with E-state index < -0.39 is 0 Å². The number of hydrogen-bond donors (Lipinski definition) is 0. The highest BCUT2D eigenvalue weighted by molar-refractivity contribution is 6.12. The fourth-order valence-electron chi connectivity index (χ4n) is 11.2. The van der Waals surface area contributed by atoms with Gasteiger partial charge in [-0.15, -0.1) is 0 Å². The Morgan fingerprint density at radius 2 is 0.471 bits per heavy atom. The van der Waals surface area contributed by atoms with Gasteiger partial charge < -0.3 is 18.0 Å². The van der Waals surface area contributed by atoms with Gasteiger partial charge in [0, 0.05) is 54.5 Å². The number of hydrogen-bond acceptors (Lipinski definition) is 2. The molecule has 4 nitrogen and oxygen atoms in total. The lowest BCUT2D eigenvalue weighted by molar-refractivity contribution is 0.668. The molecule has 326 valence electrons. The number of nitrogens with zero attached hydrogens (tertiary/aromatic N) is 2. The minimum Gasteiger partial charge on any atom is -0.456 e. The number of benzene rings is 11. The number of furan rings is 2. The van der Waals surface area contributed by atoms with Crippen LogP contribution >= 0.6 is 0 Å². The summed E-state index contributed by atoms with van der Waals surface area (Å²) in [5, 5.41) is 9.42. The SMILES string of the molecule is c1cc(-c2ccc3oc4ccc(-c5cccc(-n6c7ccccc7c7ccccc76)c5)cc4c3c2)cc(-c2ccc3oc4ccc(-c5cccc(-n6c7ccccc7c7ccccc76)c5)cc4c3c2)c1. The van der Waals surface area contributed by atoms with E-state index in [0.29, 0.717) is 0 Å². The van der Waals surface area contributed by atoms with Crippen molar-refractivity contribution in [3.05, 3.63) is 243 Å². The van der Waals surface area contributed by atoms with Gasteiger partial charge in [0.2, 0.25) is 0 Å². The topological polar surface area (TPSA) is 36.1 Å². The van der Waals surface area contributed by atoms with Crippen LogP contribution in [0.5, 0.6) is 0 Å². The summed E-state index contributed by atoms with van der Waals surface area (Å²) in [4.78, 5) is 0. The maximum atomic E-state index is 6.45. The van der Waals surface area contributed by atoms with Crippen LogP contribution < -0.4 is 0 Å². The van der Waals surface area contributed by atoms with Crippen LogP contribution in [0, 0.1) is 0 Å². The van der Waals surface area contributed by atoms with Crippen molar-refractivity contribution in [2.24, 2.45) is 0 Å². The Labute approximate surface area is 402 Å². The highest BCUT2D eigenvalue weighted by Crippen LogP contribution is 2.40.